The lowest BCUT2D eigenvalue weighted by molar-refractivity contribution is -0.171. The van der Waals surface area contributed by atoms with Gasteiger partial charge in [0.05, 0.1) is 0 Å². The number of cyclic esters (lactones) is 1. The summed E-state index contributed by atoms with van der Waals surface area (Å²) < 4.78 is 5.17. The Labute approximate surface area is 121 Å². The number of morpholine rings is 1. The fraction of sp³-hybridized carbons (Fsp3) is 0.625. The maximum Gasteiger partial charge on any atom is 0.334 e. The fourth-order valence-electron chi connectivity index (χ4n) is 2.30. The van der Waals surface area contributed by atoms with E-state index in [9.17, 15) is 9.59 Å². The second-order valence-electron chi connectivity index (χ2n) is 5.77. The van der Waals surface area contributed by atoms with Crippen LogP contribution in [0.3, 0.4) is 0 Å². The fourth-order valence-corrected chi connectivity index (χ4v) is 2.30. The summed E-state index contributed by atoms with van der Waals surface area (Å²) in [6, 6.07) is 0. The SMILES string of the molecule is CC(=O)C1(CC=C(C)C)C(=O)OCCN1CC=C(C)C. The number of nitrogens with zero attached hydrogens (tertiary/aromatic N) is 1. The van der Waals surface area contributed by atoms with Crippen LogP contribution in [0.4, 0.5) is 0 Å². The summed E-state index contributed by atoms with van der Waals surface area (Å²) in [7, 11) is 0. The Bertz CT molecular complexity index is 443. The molecule has 1 heterocycles. The second-order valence-corrected chi connectivity index (χ2v) is 5.77. The molecule has 0 aliphatic carbocycles. The maximum absolute atomic E-state index is 12.3. The smallest absolute Gasteiger partial charge is 0.334 e. The molecule has 1 atom stereocenters. The topological polar surface area (TPSA) is 46.6 Å². The molecule has 0 aromatic rings. The predicted octanol–water partition coefficient (Wildman–Crippen LogP) is 2.50. The predicted molar refractivity (Wildman–Crippen MR) is 79.4 cm³/mol. The normalized spacial score (nSPS) is 22.9. The molecule has 0 saturated carbocycles. The molecule has 112 valence electrons. The number of allylic oxidation sites excluding steroid dienone is 2. The Balaban J connectivity index is 3.15. The summed E-state index contributed by atoms with van der Waals surface area (Å²) >= 11 is 0. The zero-order chi connectivity index (χ0) is 15.3. The zero-order valence-corrected chi connectivity index (χ0v) is 13.2. The van der Waals surface area contributed by atoms with E-state index in [2.05, 4.69) is 0 Å². The summed E-state index contributed by atoms with van der Waals surface area (Å²) in [6.07, 6.45) is 4.35. The molecule has 4 heteroatoms. The standard InChI is InChI=1S/C16H25NO3/c1-12(2)6-8-16(14(5)18)15(19)20-11-10-17(16)9-7-13(3)4/h6-7H,8-11H2,1-5H3. The van der Waals surface area contributed by atoms with Crippen molar-refractivity contribution in [2.75, 3.05) is 19.7 Å². The van der Waals surface area contributed by atoms with Crippen molar-refractivity contribution in [3.8, 4) is 0 Å². The third-order valence-corrected chi connectivity index (χ3v) is 3.58. The summed E-state index contributed by atoms with van der Waals surface area (Å²) in [5.41, 5.74) is 1.09. The van der Waals surface area contributed by atoms with Crippen molar-refractivity contribution >= 4 is 11.8 Å². The first-order valence-corrected chi connectivity index (χ1v) is 7.00. The number of esters is 1. The van der Waals surface area contributed by atoms with Crippen molar-refractivity contribution in [3.63, 3.8) is 0 Å². The summed E-state index contributed by atoms with van der Waals surface area (Å²) in [6.45, 7) is 10.9. The van der Waals surface area contributed by atoms with Crippen molar-refractivity contribution in [1.29, 1.82) is 0 Å². The van der Waals surface area contributed by atoms with Gasteiger partial charge in [0.25, 0.3) is 0 Å². The van der Waals surface area contributed by atoms with E-state index in [1.807, 2.05) is 44.7 Å². The van der Waals surface area contributed by atoms with Gasteiger partial charge in [-0.15, -0.1) is 0 Å². The first kappa shape index (κ1) is 16.6. The van der Waals surface area contributed by atoms with E-state index in [4.69, 9.17) is 4.74 Å². The van der Waals surface area contributed by atoms with Gasteiger partial charge in [0.1, 0.15) is 6.61 Å². The Hall–Kier alpha value is -1.42. The number of hydrogen-bond acceptors (Lipinski definition) is 4. The van der Waals surface area contributed by atoms with Crippen LogP contribution in [-0.4, -0.2) is 41.9 Å². The van der Waals surface area contributed by atoms with Crippen LogP contribution in [0.2, 0.25) is 0 Å². The molecule has 0 radical (unpaired) electrons. The molecule has 1 fully saturated rings. The minimum Gasteiger partial charge on any atom is -0.463 e. The Morgan fingerprint density at radius 3 is 2.30 bits per heavy atom. The van der Waals surface area contributed by atoms with Crippen LogP contribution in [0.5, 0.6) is 0 Å². The van der Waals surface area contributed by atoms with Gasteiger partial charge in [-0.05, 0) is 34.6 Å². The lowest BCUT2D eigenvalue weighted by atomic mass is 9.86. The van der Waals surface area contributed by atoms with Crippen molar-refractivity contribution in [2.24, 2.45) is 0 Å². The van der Waals surface area contributed by atoms with Crippen LogP contribution in [0.1, 0.15) is 41.0 Å². The van der Waals surface area contributed by atoms with Crippen LogP contribution in [-0.2, 0) is 14.3 Å². The Kier molecular flexibility index (Phi) is 5.69. The maximum atomic E-state index is 12.3. The summed E-state index contributed by atoms with van der Waals surface area (Å²) in [5.74, 6) is -0.572. The molecule has 20 heavy (non-hydrogen) atoms. The van der Waals surface area contributed by atoms with Crippen LogP contribution in [0.15, 0.2) is 23.3 Å². The van der Waals surface area contributed by atoms with E-state index in [1.165, 1.54) is 12.5 Å². The zero-order valence-electron chi connectivity index (χ0n) is 13.2. The van der Waals surface area contributed by atoms with Crippen molar-refractivity contribution in [3.05, 3.63) is 23.3 Å². The van der Waals surface area contributed by atoms with Gasteiger partial charge < -0.3 is 4.74 Å². The lowest BCUT2D eigenvalue weighted by Gasteiger charge is -2.42. The molecule has 0 aromatic heterocycles. The van der Waals surface area contributed by atoms with Crippen molar-refractivity contribution in [2.45, 2.75) is 46.6 Å². The molecule has 0 spiro atoms. The van der Waals surface area contributed by atoms with E-state index < -0.39 is 11.5 Å². The number of ether oxygens (including phenoxy) is 1. The van der Waals surface area contributed by atoms with Gasteiger partial charge in [-0.3, -0.25) is 9.69 Å². The number of carbonyl (C=O) groups is 2. The number of Topliss-reactive ketones (excluding diaryl/α,β-unsaturated/α-hetero) is 1. The highest BCUT2D eigenvalue weighted by Crippen LogP contribution is 2.28. The third kappa shape index (κ3) is 3.57. The van der Waals surface area contributed by atoms with Gasteiger partial charge in [-0.1, -0.05) is 23.3 Å². The van der Waals surface area contributed by atoms with E-state index in [0.717, 1.165) is 5.57 Å². The summed E-state index contributed by atoms with van der Waals surface area (Å²) in [5, 5.41) is 0. The van der Waals surface area contributed by atoms with Gasteiger partial charge in [0, 0.05) is 19.5 Å². The average Bonchev–Trinajstić information content (AvgIpc) is 2.34. The van der Waals surface area contributed by atoms with Gasteiger partial charge in [0.15, 0.2) is 11.3 Å². The second kappa shape index (κ2) is 6.84. The summed E-state index contributed by atoms with van der Waals surface area (Å²) in [4.78, 5) is 26.4. The molecule has 4 nitrogen and oxygen atoms in total. The molecule has 1 aliphatic heterocycles. The number of rotatable bonds is 5. The van der Waals surface area contributed by atoms with Gasteiger partial charge in [0.2, 0.25) is 0 Å². The van der Waals surface area contributed by atoms with Crippen molar-refractivity contribution in [1.82, 2.24) is 4.90 Å². The van der Waals surface area contributed by atoms with E-state index >= 15 is 0 Å². The molecule has 0 amide bonds. The third-order valence-electron chi connectivity index (χ3n) is 3.58. The first-order valence-electron chi connectivity index (χ1n) is 7.00. The molecule has 0 bridgehead atoms. The van der Waals surface area contributed by atoms with Crippen LogP contribution in [0, 0.1) is 0 Å². The van der Waals surface area contributed by atoms with Crippen LogP contribution < -0.4 is 0 Å². The minimum atomic E-state index is -1.17. The van der Waals surface area contributed by atoms with Crippen LogP contribution >= 0.6 is 0 Å². The van der Waals surface area contributed by atoms with Gasteiger partial charge in [-0.25, -0.2) is 4.79 Å². The highest BCUT2D eigenvalue weighted by molar-refractivity contribution is 6.08. The molecular weight excluding hydrogens is 254 g/mol. The van der Waals surface area contributed by atoms with Crippen molar-refractivity contribution < 1.29 is 14.3 Å². The number of hydrogen-bond donors (Lipinski definition) is 0. The molecular formula is C16H25NO3. The van der Waals surface area contributed by atoms with Gasteiger partial charge in [-0.2, -0.15) is 0 Å². The first-order chi connectivity index (χ1) is 9.30. The minimum absolute atomic E-state index is 0.151. The molecule has 0 N–H and O–H groups in total. The van der Waals surface area contributed by atoms with E-state index in [-0.39, 0.29) is 5.78 Å². The average molecular weight is 279 g/mol. The molecule has 0 aromatic carbocycles. The monoisotopic (exact) mass is 279 g/mol. The van der Waals surface area contributed by atoms with E-state index in [1.54, 1.807) is 0 Å². The van der Waals surface area contributed by atoms with E-state index in [0.29, 0.717) is 26.1 Å². The van der Waals surface area contributed by atoms with Crippen LogP contribution in [0.25, 0.3) is 0 Å². The molecule has 1 unspecified atom stereocenters. The highest BCUT2D eigenvalue weighted by Gasteiger charge is 2.50. The Morgan fingerprint density at radius 2 is 1.80 bits per heavy atom. The number of carbonyl (C=O) groups excluding carboxylic acids is 2. The molecule has 1 aliphatic rings. The van der Waals surface area contributed by atoms with Gasteiger partial charge >= 0.3 is 5.97 Å². The molecule has 1 rings (SSSR count). The number of ketones is 1. The quantitative estimate of drug-likeness (QED) is 0.441. The molecule has 1 saturated heterocycles. The lowest BCUT2D eigenvalue weighted by Crippen LogP contribution is -2.63. The highest BCUT2D eigenvalue weighted by atomic mass is 16.5. The largest absolute Gasteiger partial charge is 0.463 e. The Morgan fingerprint density at radius 1 is 1.20 bits per heavy atom.